The Morgan fingerprint density at radius 3 is 2.33 bits per heavy atom. The number of hydrogen-bond acceptors (Lipinski definition) is 2. The minimum atomic E-state index is 0.0989. The summed E-state index contributed by atoms with van der Waals surface area (Å²) < 4.78 is 0. The number of nitrogens with two attached hydrogens (primary N) is 1. The van der Waals surface area contributed by atoms with Crippen molar-refractivity contribution in [2.24, 2.45) is 5.73 Å². The second-order valence-corrected chi connectivity index (χ2v) is 2.91. The van der Waals surface area contributed by atoms with Crippen molar-refractivity contribution < 1.29 is 5.11 Å². The Labute approximate surface area is 73.0 Å². The highest BCUT2D eigenvalue weighted by Gasteiger charge is 2.01. The van der Waals surface area contributed by atoms with Crippen LogP contribution in [0.5, 0.6) is 0 Å². The Morgan fingerprint density at radius 2 is 1.92 bits per heavy atom. The van der Waals surface area contributed by atoms with Gasteiger partial charge in [-0.25, -0.2) is 0 Å². The lowest BCUT2D eigenvalue weighted by Gasteiger charge is -2.08. The molecule has 1 aromatic carbocycles. The Bertz CT molecular complexity index is 230. The van der Waals surface area contributed by atoms with E-state index in [1.54, 1.807) is 0 Å². The molecule has 0 aliphatic carbocycles. The van der Waals surface area contributed by atoms with Crippen molar-refractivity contribution in [3.8, 4) is 0 Å². The Hall–Kier alpha value is -0.860. The van der Waals surface area contributed by atoms with Gasteiger partial charge in [0.1, 0.15) is 0 Å². The van der Waals surface area contributed by atoms with Crippen LogP contribution in [-0.2, 0) is 6.61 Å². The van der Waals surface area contributed by atoms with Gasteiger partial charge in [-0.05, 0) is 17.5 Å². The Morgan fingerprint density at radius 1 is 1.33 bits per heavy atom. The predicted molar refractivity (Wildman–Crippen MR) is 49.6 cm³/mol. The Kier molecular flexibility index (Phi) is 3.26. The van der Waals surface area contributed by atoms with Crippen molar-refractivity contribution in [3.05, 3.63) is 35.4 Å². The van der Waals surface area contributed by atoms with Crippen LogP contribution in [0.4, 0.5) is 0 Å². The van der Waals surface area contributed by atoms with Gasteiger partial charge >= 0.3 is 0 Å². The molecule has 0 fully saturated rings. The fraction of sp³-hybridized carbons (Fsp3) is 0.400. The fourth-order valence-electron chi connectivity index (χ4n) is 1.11. The molecule has 0 aromatic heterocycles. The average Bonchev–Trinajstić information content (AvgIpc) is 2.17. The molecule has 0 radical (unpaired) electrons. The number of benzene rings is 1. The highest BCUT2D eigenvalue weighted by Crippen LogP contribution is 2.13. The van der Waals surface area contributed by atoms with E-state index in [-0.39, 0.29) is 12.6 Å². The van der Waals surface area contributed by atoms with Crippen molar-refractivity contribution in [2.45, 2.75) is 26.0 Å². The molecule has 3 N–H and O–H groups in total. The average molecular weight is 165 g/mol. The maximum absolute atomic E-state index is 8.79. The molecule has 0 heterocycles. The van der Waals surface area contributed by atoms with E-state index in [0.717, 1.165) is 17.5 Å². The highest BCUT2D eigenvalue weighted by atomic mass is 16.3. The van der Waals surface area contributed by atoms with Crippen LogP contribution in [0.15, 0.2) is 24.3 Å². The quantitative estimate of drug-likeness (QED) is 0.714. The number of aliphatic hydroxyl groups is 1. The van der Waals surface area contributed by atoms with Crippen LogP contribution in [0.1, 0.15) is 30.5 Å². The van der Waals surface area contributed by atoms with E-state index in [2.05, 4.69) is 6.92 Å². The third-order valence-electron chi connectivity index (χ3n) is 2.03. The predicted octanol–water partition coefficient (Wildman–Crippen LogP) is 1.59. The van der Waals surface area contributed by atoms with Gasteiger partial charge in [0.15, 0.2) is 0 Å². The third-order valence-corrected chi connectivity index (χ3v) is 2.03. The maximum atomic E-state index is 8.79. The van der Waals surface area contributed by atoms with Gasteiger partial charge in [0.05, 0.1) is 6.61 Å². The van der Waals surface area contributed by atoms with Crippen LogP contribution >= 0.6 is 0 Å². The first-order chi connectivity index (χ1) is 5.77. The first-order valence-electron chi connectivity index (χ1n) is 4.23. The first kappa shape index (κ1) is 9.23. The molecule has 0 unspecified atom stereocenters. The van der Waals surface area contributed by atoms with Gasteiger partial charge in [-0.2, -0.15) is 0 Å². The molecule has 12 heavy (non-hydrogen) atoms. The van der Waals surface area contributed by atoms with Crippen molar-refractivity contribution in [1.29, 1.82) is 0 Å². The van der Waals surface area contributed by atoms with E-state index in [9.17, 15) is 0 Å². The zero-order valence-electron chi connectivity index (χ0n) is 7.33. The Balaban J connectivity index is 2.77. The van der Waals surface area contributed by atoms with Crippen LogP contribution in [0.2, 0.25) is 0 Å². The fourth-order valence-corrected chi connectivity index (χ4v) is 1.11. The van der Waals surface area contributed by atoms with Gasteiger partial charge in [0, 0.05) is 6.04 Å². The summed E-state index contributed by atoms with van der Waals surface area (Å²) in [5, 5.41) is 8.79. The van der Waals surface area contributed by atoms with Crippen LogP contribution < -0.4 is 5.73 Å². The van der Waals surface area contributed by atoms with Crippen LogP contribution in [-0.4, -0.2) is 5.11 Å². The first-order valence-corrected chi connectivity index (χ1v) is 4.23. The maximum Gasteiger partial charge on any atom is 0.0681 e. The highest BCUT2D eigenvalue weighted by molar-refractivity contribution is 5.24. The number of hydrogen-bond donors (Lipinski definition) is 2. The number of aliphatic hydroxyl groups excluding tert-OH is 1. The van der Waals surface area contributed by atoms with E-state index in [1.165, 1.54) is 0 Å². The molecule has 2 nitrogen and oxygen atoms in total. The molecule has 0 bridgehead atoms. The molecule has 1 rings (SSSR count). The van der Waals surface area contributed by atoms with Crippen molar-refractivity contribution in [2.75, 3.05) is 0 Å². The van der Waals surface area contributed by atoms with Gasteiger partial charge in [0.2, 0.25) is 0 Å². The third kappa shape index (κ3) is 2.06. The molecular weight excluding hydrogens is 150 g/mol. The van der Waals surface area contributed by atoms with Crippen LogP contribution in [0.3, 0.4) is 0 Å². The lowest BCUT2D eigenvalue weighted by Crippen LogP contribution is -2.08. The van der Waals surface area contributed by atoms with Crippen LogP contribution in [0.25, 0.3) is 0 Å². The molecule has 0 spiro atoms. The second-order valence-electron chi connectivity index (χ2n) is 2.91. The summed E-state index contributed by atoms with van der Waals surface area (Å²) in [7, 11) is 0. The summed E-state index contributed by atoms with van der Waals surface area (Å²) in [6, 6.07) is 7.88. The summed E-state index contributed by atoms with van der Waals surface area (Å²) in [6.07, 6.45) is 0.943. The summed E-state index contributed by atoms with van der Waals surface area (Å²) in [4.78, 5) is 0. The van der Waals surface area contributed by atoms with Gasteiger partial charge < -0.3 is 10.8 Å². The zero-order chi connectivity index (χ0) is 8.97. The normalized spacial score (nSPS) is 12.9. The van der Waals surface area contributed by atoms with Gasteiger partial charge in [-0.3, -0.25) is 0 Å². The van der Waals surface area contributed by atoms with E-state index < -0.39 is 0 Å². The summed E-state index contributed by atoms with van der Waals surface area (Å²) >= 11 is 0. The summed E-state index contributed by atoms with van der Waals surface area (Å²) in [6.45, 7) is 2.16. The van der Waals surface area contributed by atoms with E-state index >= 15 is 0 Å². The molecular formula is C10H15NO. The van der Waals surface area contributed by atoms with Crippen molar-refractivity contribution >= 4 is 0 Å². The molecule has 0 aliphatic rings. The molecule has 0 saturated heterocycles. The molecule has 1 aromatic rings. The zero-order valence-corrected chi connectivity index (χ0v) is 7.33. The number of rotatable bonds is 3. The van der Waals surface area contributed by atoms with Crippen molar-refractivity contribution in [3.63, 3.8) is 0 Å². The summed E-state index contributed by atoms with van der Waals surface area (Å²) in [5.41, 5.74) is 7.89. The van der Waals surface area contributed by atoms with E-state index in [1.807, 2.05) is 24.3 Å². The van der Waals surface area contributed by atoms with E-state index in [0.29, 0.717) is 0 Å². The lowest BCUT2D eigenvalue weighted by molar-refractivity contribution is 0.282. The largest absolute Gasteiger partial charge is 0.392 e. The minimum Gasteiger partial charge on any atom is -0.392 e. The molecule has 2 heteroatoms. The minimum absolute atomic E-state index is 0.0989. The second kappa shape index (κ2) is 4.24. The van der Waals surface area contributed by atoms with Gasteiger partial charge in [0.25, 0.3) is 0 Å². The summed E-state index contributed by atoms with van der Waals surface area (Å²) in [5.74, 6) is 0. The van der Waals surface area contributed by atoms with Gasteiger partial charge in [-0.1, -0.05) is 31.2 Å². The van der Waals surface area contributed by atoms with Crippen molar-refractivity contribution in [1.82, 2.24) is 0 Å². The molecule has 0 amide bonds. The smallest absolute Gasteiger partial charge is 0.0681 e. The molecule has 1 atom stereocenters. The SMILES string of the molecule is CC[C@@H](N)c1ccc(CO)cc1. The molecule has 66 valence electrons. The molecule has 0 aliphatic heterocycles. The van der Waals surface area contributed by atoms with E-state index in [4.69, 9.17) is 10.8 Å². The topological polar surface area (TPSA) is 46.2 Å². The standard InChI is InChI=1S/C10H15NO/c1-2-10(11)9-5-3-8(7-12)4-6-9/h3-6,10,12H,2,7,11H2,1H3/t10-/m1/s1. The lowest BCUT2D eigenvalue weighted by atomic mass is 10.0. The monoisotopic (exact) mass is 165 g/mol. The van der Waals surface area contributed by atoms with Crippen LogP contribution in [0, 0.1) is 0 Å². The molecule has 0 saturated carbocycles. The van der Waals surface area contributed by atoms with Gasteiger partial charge in [-0.15, -0.1) is 0 Å².